The highest BCUT2D eigenvalue weighted by Gasteiger charge is 2.11. The maximum Gasteiger partial charge on any atom is 0.252 e. The molecule has 3 aromatic rings. The van der Waals surface area contributed by atoms with Crippen LogP contribution in [0.3, 0.4) is 0 Å². The van der Waals surface area contributed by atoms with Gasteiger partial charge in [-0.15, -0.1) is 11.3 Å². The van der Waals surface area contributed by atoms with E-state index < -0.39 is 0 Å². The number of nitrogens with zero attached hydrogens (tertiary/aromatic N) is 1. The molecule has 0 aliphatic carbocycles. The second kappa shape index (κ2) is 7.60. The molecular formula is C19H17ClN2OS. The number of aryl methyl sites for hydroxylation is 1. The smallest absolute Gasteiger partial charge is 0.252 e. The molecule has 2 aromatic carbocycles. The molecule has 1 N–H and O–H groups in total. The van der Waals surface area contributed by atoms with E-state index in [0.717, 1.165) is 16.3 Å². The molecule has 1 amide bonds. The van der Waals surface area contributed by atoms with Crippen LogP contribution in [0.5, 0.6) is 0 Å². The molecule has 0 saturated carbocycles. The van der Waals surface area contributed by atoms with Gasteiger partial charge in [0.15, 0.2) is 0 Å². The average Bonchev–Trinajstić information content (AvgIpc) is 2.96. The van der Waals surface area contributed by atoms with Crippen LogP contribution in [0.2, 0.25) is 5.02 Å². The lowest BCUT2D eigenvalue weighted by Crippen LogP contribution is -2.25. The molecule has 3 nitrogen and oxygen atoms in total. The third kappa shape index (κ3) is 3.83. The maximum atomic E-state index is 12.1. The number of amides is 1. The van der Waals surface area contributed by atoms with Crippen molar-refractivity contribution in [1.82, 2.24) is 10.3 Å². The van der Waals surface area contributed by atoms with Crippen LogP contribution in [0.4, 0.5) is 0 Å². The van der Waals surface area contributed by atoms with E-state index in [9.17, 15) is 4.79 Å². The number of rotatable bonds is 5. The van der Waals surface area contributed by atoms with Crippen LogP contribution in [-0.4, -0.2) is 17.4 Å². The fourth-order valence-electron chi connectivity index (χ4n) is 2.45. The summed E-state index contributed by atoms with van der Waals surface area (Å²) in [6.07, 6.45) is 0.703. The Morgan fingerprint density at radius 1 is 1.12 bits per heavy atom. The minimum Gasteiger partial charge on any atom is -0.352 e. The summed E-state index contributed by atoms with van der Waals surface area (Å²) in [6.45, 7) is 2.61. The second-order valence-corrected chi connectivity index (χ2v) is 7.06. The molecule has 5 heteroatoms. The highest BCUT2D eigenvalue weighted by atomic mass is 35.5. The number of carbonyl (C=O) groups excluding carboxylic acids is 1. The Morgan fingerprint density at radius 2 is 1.83 bits per heavy atom. The number of hydrogen-bond acceptors (Lipinski definition) is 3. The summed E-state index contributed by atoms with van der Waals surface area (Å²) in [6, 6.07) is 17.2. The molecule has 0 aliphatic rings. The summed E-state index contributed by atoms with van der Waals surface area (Å²) in [5.41, 5.74) is 2.64. The van der Waals surface area contributed by atoms with Crippen LogP contribution in [-0.2, 0) is 6.42 Å². The van der Waals surface area contributed by atoms with Gasteiger partial charge in [0.25, 0.3) is 5.91 Å². The van der Waals surface area contributed by atoms with E-state index in [1.165, 1.54) is 4.88 Å². The summed E-state index contributed by atoms with van der Waals surface area (Å²) in [7, 11) is 0. The molecule has 0 bridgehead atoms. The Morgan fingerprint density at radius 3 is 2.58 bits per heavy atom. The minimum atomic E-state index is -0.155. The molecule has 0 fully saturated rings. The van der Waals surface area contributed by atoms with Crippen LogP contribution in [0, 0.1) is 6.92 Å². The predicted octanol–water partition coefficient (Wildman–Crippen LogP) is 4.74. The average molecular weight is 357 g/mol. The van der Waals surface area contributed by atoms with Gasteiger partial charge in [-0.05, 0) is 19.1 Å². The van der Waals surface area contributed by atoms with Crippen LogP contribution in [0.15, 0.2) is 54.6 Å². The van der Waals surface area contributed by atoms with Crippen molar-refractivity contribution in [1.29, 1.82) is 0 Å². The normalized spacial score (nSPS) is 10.6. The van der Waals surface area contributed by atoms with Gasteiger partial charge >= 0.3 is 0 Å². The van der Waals surface area contributed by atoms with Crippen molar-refractivity contribution in [3.05, 3.63) is 75.1 Å². The number of aromatic nitrogens is 1. The fourth-order valence-corrected chi connectivity index (χ4v) is 3.62. The number of benzene rings is 2. The Balaban J connectivity index is 1.62. The lowest BCUT2D eigenvalue weighted by Gasteiger charge is -2.05. The van der Waals surface area contributed by atoms with Gasteiger partial charge in [-0.2, -0.15) is 0 Å². The third-order valence-corrected chi connectivity index (χ3v) is 4.99. The first kappa shape index (κ1) is 16.7. The van der Waals surface area contributed by atoms with E-state index in [0.29, 0.717) is 23.6 Å². The first-order valence-electron chi connectivity index (χ1n) is 7.69. The molecule has 1 heterocycles. The van der Waals surface area contributed by atoms with Gasteiger partial charge in [-0.1, -0.05) is 54.1 Å². The standard InChI is InChI=1S/C19H17ClN2OS/c1-13-18(14-7-3-2-4-8-14)22-17(24-13)11-12-21-19(23)15-9-5-6-10-16(15)20/h2-10H,11-12H2,1H3,(H,21,23). The van der Waals surface area contributed by atoms with Gasteiger partial charge in [-0.25, -0.2) is 4.98 Å². The number of halogens is 1. The van der Waals surface area contributed by atoms with Gasteiger partial charge in [0, 0.05) is 23.4 Å². The van der Waals surface area contributed by atoms with Crippen molar-refractivity contribution >= 4 is 28.8 Å². The van der Waals surface area contributed by atoms with E-state index in [4.69, 9.17) is 16.6 Å². The summed E-state index contributed by atoms with van der Waals surface area (Å²) in [5.74, 6) is -0.155. The SMILES string of the molecule is Cc1sc(CCNC(=O)c2ccccc2Cl)nc1-c1ccccc1. The molecule has 24 heavy (non-hydrogen) atoms. The van der Waals surface area contributed by atoms with E-state index >= 15 is 0 Å². The number of hydrogen-bond donors (Lipinski definition) is 1. The number of carbonyl (C=O) groups is 1. The van der Waals surface area contributed by atoms with Crippen molar-refractivity contribution in [2.75, 3.05) is 6.54 Å². The second-order valence-electron chi connectivity index (χ2n) is 5.36. The number of nitrogens with one attached hydrogen (secondary N) is 1. The predicted molar refractivity (Wildman–Crippen MR) is 99.8 cm³/mol. The molecule has 3 rings (SSSR count). The largest absolute Gasteiger partial charge is 0.352 e. The number of thiazole rings is 1. The summed E-state index contributed by atoms with van der Waals surface area (Å²) >= 11 is 7.71. The van der Waals surface area contributed by atoms with Crippen LogP contribution < -0.4 is 5.32 Å². The lowest BCUT2D eigenvalue weighted by atomic mass is 10.1. The molecule has 0 saturated heterocycles. The first-order chi connectivity index (χ1) is 11.6. The monoisotopic (exact) mass is 356 g/mol. The lowest BCUT2D eigenvalue weighted by molar-refractivity contribution is 0.0954. The van der Waals surface area contributed by atoms with Crippen molar-refractivity contribution in [3.63, 3.8) is 0 Å². The Bertz CT molecular complexity index is 846. The van der Waals surface area contributed by atoms with Crippen LogP contribution in [0.1, 0.15) is 20.2 Å². The summed E-state index contributed by atoms with van der Waals surface area (Å²) in [4.78, 5) is 18.0. The molecule has 0 unspecified atom stereocenters. The topological polar surface area (TPSA) is 42.0 Å². The first-order valence-corrected chi connectivity index (χ1v) is 8.89. The van der Waals surface area contributed by atoms with Gasteiger partial charge in [0.2, 0.25) is 0 Å². The molecule has 122 valence electrons. The van der Waals surface area contributed by atoms with E-state index in [2.05, 4.69) is 24.4 Å². The molecule has 0 spiro atoms. The highest BCUT2D eigenvalue weighted by molar-refractivity contribution is 7.12. The van der Waals surface area contributed by atoms with E-state index in [1.807, 2.05) is 24.3 Å². The zero-order valence-corrected chi connectivity index (χ0v) is 14.8. The molecule has 0 aliphatic heterocycles. The third-order valence-electron chi connectivity index (χ3n) is 3.63. The zero-order chi connectivity index (χ0) is 16.9. The van der Waals surface area contributed by atoms with Crippen molar-refractivity contribution in [3.8, 4) is 11.3 Å². The van der Waals surface area contributed by atoms with Crippen LogP contribution >= 0.6 is 22.9 Å². The molecule has 0 atom stereocenters. The minimum absolute atomic E-state index is 0.155. The Hall–Kier alpha value is -2.17. The maximum absolute atomic E-state index is 12.1. The molecular weight excluding hydrogens is 340 g/mol. The van der Waals surface area contributed by atoms with E-state index in [-0.39, 0.29) is 5.91 Å². The summed E-state index contributed by atoms with van der Waals surface area (Å²) < 4.78 is 0. The van der Waals surface area contributed by atoms with Gasteiger partial charge in [0.05, 0.1) is 21.3 Å². The highest BCUT2D eigenvalue weighted by Crippen LogP contribution is 2.27. The summed E-state index contributed by atoms with van der Waals surface area (Å²) in [5, 5.41) is 4.38. The Kier molecular flexibility index (Phi) is 5.28. The quantitative estimate of drug-likeness (QED) is 0.717. The van der Waals surface area contributed by atoms with Crippen molar-refractivity contribution < 1.29 is 4.79 Å². The van der Waals surface area contributed by atoms with Gasteiger partial charge < -0.3 is 5.32 Å². The van der Waals surface area contributed by atoms with Gasteiger partial charge in [-0.3, -0.25) is 4.79 Å². The van der Waals surface area contributed by atoms with Crippen molar-refractivity contribution in [2.45, 2.75) is 13.3 Å². The molecule has 1 aromatic heterocycles. The fraction of sp³-hybridized carbons (Fsp3) is 0.158. The van der Waals surface area contributed by atoms with Crippen LogP contribution in [0.25, 0.3) is 11.3 Å². The molecule has 0 radical (unpaired) electrons. The van der Waals surface area contributed by atoms with E-state index in [1.54, 1.807) is 29.5 Å². The van der Waals surface area contributed by atoms with Crippen molar-refractivity contribution in [2.24, 2.45) is 0 Å². The van der Waals surface area contributed by atoms with Gasteiger partial charge in [0.1, 0.15) is 0 Å². The zero-order valence-electron chi connectivity index (χ0n) is 13.3. The Labute approximate surface area is 150 Å².